The Hall–Kier alpha value is -1.68. The first-order valence-electron chi connectivity index (χ1n) is 4.15. The zero-order chi connectivity index (χ0) is 10.8. The summed E-state index contributed by atoms with van der Waals surface area (Å²) in [6.07, 6.45) is 4.72. The number of hydrogen-bond acceptors (Lipinski definition) is 2. The number of hydrogen-bond donors (Lipinski definition) is 0. The molecule has 3 nitrogen and oxygen atoms in total. The molecule has 2 rings (SSSR count). The first-order valence-corrected chi connectivity index (χ1v) is 4.53. The molecule has 5 heteroatoms. The highest BCUT2D eigenvalue weighted by Gasteiger charge is 2.07. The summed E-state index contributed by atoms with van der Waals surface area (Å²) in [5.41, 5.74) is 0.636. The highest BCUT2D eigenvalue weighted by molar-refractivity contribution is 6.67. The van der Waals surface area contributed by atoms with Gasteiger partial charge in [-0.2, -0.15) is 0 Å². The maximum absolute atomic E-state index is 13.1. The smallest absolute Gasteiger partial charge is 0.252 e. The molecule has 0 N–H and O–H groups in total. The lowest BCUT2D eigenvalue weighted by Gasteiger charge is -2.03. The highest BCUT2D eigenvalue weighted by Crippen LogP contribution is 2.14. The Balaban J connectivity index is 2.54. The van der Waals surface area contributed by atoms with Crippen molar-refractivity contribution in [1.82, 2.24) is 9.55 Å². The average molecular weight is 225 g/mol. The van der Waals surface area contributed by atoms with E-state index in [0.717, 1.165) is 6.07 Å². The van der Waals surface area contributed by atoms with E-state index in [1.165, 1.54) is 18.5 Å². The molecule has 0 aliphatic rings. The molecule has 0 aliphatic carbocycles. The Kier molecular flexibility index (Phi) is 2.51. The van der Waals surface area contributed by atoms with Crippen LogP contribution < -0.4 is 0 Å². The summed E-state index contributed by atoms with van der Waals surface area (Å²) in [4.78, 5) is 14.7. The normalized spacial score (nSPS) is 10.3. The zero-order valence-corrected chi connectivity index (χ0v) is 8.28. The van der Waals surface area contributed by atoms with Crippen LogP contribution in [0.25, 0.3) is 5.69 Å². The standard InChI is InChI=1S/C10H6ClFN2O/c11-10(15)7-3-8(12)5-9(4-7)14-2-1-13-6-14/h1-6H. The van der Waals surface area contributed by atoms with Crippen LogP contribution in [-0.2, 0) is 0 Å². The number of aromatic nitrogens is 2. The van der Waals surface area contributed by atoms with Gasteiger partial charge >= 0.3 is 0 Å². The van der Waals surface area contributed by atoms with E-state index >= 15 is 0 Å². The topological polar surface area (TPSA) is 34.9 Å². The molecule has 0 fully saturated rings. The van der Waals surface area contributed by atoms with Crippen LogP contribution in [0.2, 0.25) is 0 Å². The van der Waals surface area contributed by atoms with Crippen molar-refractivity contribution in [3.8, 4) is 5.69 Å². The van der Waals surface area contributed by atoms with Crippen LogP contribution in [0.1, 0.15) is 10.4 Å². The van der Waals surface area contributed by atoms with Gasteiger partial charge in [0.1, 0.15) is 5.82 Å². The largest absolute Gasteiger partial charge is 0.306 e. The van der Waals surface area contributed by atoms with Crippen LogP contribution in [-0.4, -0.2) is 14.8 Å². The summed E-state index contributed by atoms with van der Waals surface area (Å²) in [7, 11) is 0. The lowest BCUT2D eigenvalue weighted by molar-refractivity contribution is 0.108. The molecule has 0 unspecified atom stereocenters. The summed E-state index contributed by atoms with van der Waals surface area (Å²) in [5, 5.41) is -0.684. The average Bonchev–Trinajstić information content (AvgIpc) is 2.69. The van der Waals surface area contributed by atoms with Gasteiger partial charge in [0.25, 0.3) is 5.24 Å². The predicted octanol–water partition coefficient (Wildman–Crippen LogP) is 2.39. The van der Waals surface area contributed by atoms with E-state index in [0.29, 0.717) is 5.69 Å². The van der Waals surface area contributed by atoms with Crippen molar-refractivity contribution in [2.75, 3.05) is 0 Å². The Morgan fingerprint density at radius 1 is 1.40 bits per heavy atom. The van der Waals surface area contributed by atoms with Crippen LogP contribution in [0, 0.1) is 5.82 Å². The van der Waals surface area contributed by atoms with Crippen molar-refractivity contribution in [3.63, 3.8) is 0 Å². The second-order valence-corrected chi connectivity index (χ2v) is 3.29. The number of nitrogens with zero attached hydrogens (tertiary/aromatic N) is 2. The summed E-state index contributed by atoms with van der Waals surface area (Å²) in [6.45, 7) is 0. The van der Waals surface area contributed by atoms with Gasteiger partial charge in [-0.05, 0) is 29.8 Å². The van der Waals surface area contributed by atoms with Crippen molar-refractivity contribution in [3.05, 3.63) is 48.3 Å². The Bertz CT molecular complexity index is 496. The first-order chi connectivity index (χ1) is 7.16. The molecule has 0 amide bonds. The number of carbonyl (C=O) groups is 1. The van der Waals surface area contributed by atoms with E-state index in [9.17, 15) is 9.18 Å². The van der Waals surface area contributed by atoms with Gasteiger partial charge in [0.05, 0.1) is 12.0 Å². The predicted molar refractivity (Wildman–Crippen MR) is 53.7 cm³/mol. The fourth-order valence-electron chi connectivity index (χ4n) is 1.25. The zero-order valence-electron chi connectivity index (χ0n) is 7.52. The lowest BCUT2D eigenvalue weighted by atomic mass is 10.2. The lowest BCUT2D eigenvalue weighted by Crippen LogP contribution is -1.96. The SMILES string of the molecule is O=C(Cl)c1cc(F)cc(-n2ccnc2)c1. The maximum Gasteiger partial charge on any atom is 0.252 e. The summed E-state index contributed by atoms with van der Waals surface area (Å²) >= 11 is 5.28. The van der Waals surface area contributed by atoms with Crippen LogP contribution in [0.4, 0.5) is 4.39 Å². The molecule has 1 heterocycles. The van der Waals surface area contributed by atoms with Gasteiger partial charge in [0.15, 0.2) is 0 Å². The molecule has 0 atom stereocenters. The second kappa shape index (κ2) is 3.82. The van der Waals surface area contributed by atoms with E-state index in [-0.39, 0.29) is 5.56 Å². The summed E-state index contributed by atoms with van der Waals surface area (Å²) in [5.74, 6) is -0.509. The van der Waals surface area contributed by atoms with Crippen molar-refractivity contribution in [2.45, 2.75) is 0 Å². The van der Waals surface area contributed by atoms with Gasteiger partial charge in [-0.1, -0.05) is 0 Å². The molecule has 0 saturated carbocycles. The summed E-state index contributed by atoms with van der Waals surface area (Å²) in [6, 6.07) is 3.89. The fraction of sp³-hybridized carbons (Fsp3) is 0. The van der Waals surface area contributed by atoms with Crippen molar-refractivity contribution < 1.29 is 9.18 Å². The van der Waals surface area contributed by atoms with Crippen LogP contribution in [0.3, 0.4) is 0 Å². The molecule has 15 heavy (non-hydrogen) atoms. The van der Waals surface area contributed by atoms with Crippen LogP contribution in [0.15, 0.2) is 36.9 Å². The first kappa shape index (κ1) is 9.86. The van der Waals surface area contributed by atoms with Crippen molar-refractivity contribution >= 4 is 16.8 Å². The third-order valence-electron chi connectivity index (χ3n) is 1.91. The number of imidazole rings is 1. The molecule has 76 valence electrons. The Labute approximate surface area is 90.1 Å². The maximum atomic E-state index is 13.1. The minimum Gasteiger partial charge on any atom is -0.306 e. The van der Waals surface area contributed by atoms with Crippen LogP contribution >= 0.6 is 11.6 Å². The van der Waals surface area contributed by atoms with E-state index in [1.54, 1.807) is 17.0 Å². The molecule has 0 radical (unpaired) electrons. The van der Waals surface area contributed by atoms with Crippen LogP contribution in [0.5, 0.6) is 0 Å². The molecular weight excluding hydrogens is 219 g/mol. The molecular formula is C10H6ClFN2O. The van der Waals surface area contributed by atoms with Gasteiger partial charge < -0.3 is 4.57 Å². The van der Waals surface area contributed by atoms with Crippen molar-refractivity contribution in [2.24, 2.45) is 0 Å². The fourth-order valence-corrected chi connectivity index (χ4v) is 1.36. The quantitative estimate of drug-likeness (QED) is 0.735. The minimum absolute atomic E-state index is 0.125. The van der Waals surface area contributed by atoms with Crippen molar-refractivity contribution in [1.29, 1.82) is 0 Å². The summed E-state index contributed by atoms with van der Waals surface area (Å²) < 4.78 is 14.7. The molecule has 0 aliphatic heterocycles. The Morgan fingerprint density at radius 3 is 2.80 bits per heavy atom. The van der Waals surface area contributed by atoms with Gasteiger partial charge in [-0.15, -0.1) is 0 Å². The van der Waals surface area contributed by atoms with Gasteiger partial charge in [0.2, 0.25) is 0 Å². The van der Waals surface area contributed by atoms with E-state index < -0.39 is 11.1 Å². The van der Waals surface area contributed by atoms with Gasteiger partial charge in [-0.25, -0.2) is 9.37 Å². The Morgan fingerprint density at radius 2 is 2.20 bits per heavy atom. The highest BCUT2D eigenvalue weighted by atomic mass is 35.5. The van der Waals surface area contributed by atoms with E-state index in [4.69, 9.17) is 11.6 Å². The number of halogens is 2. The molecule has 1 aromatic carbocycles. The number of benzene rings is 1. The number of rotatable bonds is 2. The third-order valence-corrected chi connectivity index (χ3v) is 2.13. The molecule has 0 bridgehead atoms. The minimum atomic E-state index is -0.684. The second-order valence-electron chi connectivity index (χ2n) is 2.94. The van der Waals surface area contributed by atoms with Gasteiger partial charge in [0, 0.05) is 18.0 Å². The molecule has 1 aromatic heterocycles. The molecule has 0 spiro atoms. The van der Waals surface area contributed by atoms with E-state index in [2.05, 4.69) is 4.98 Å². The monoisotopic (exact) mass is 224 g/mol. The molecule has 2 aromatic rings. The third kappa shape index (κ3) is 2.05. The van der Waals surface area contributed by atoms with E-state index in [1.807, 2.05) is 0 Å². The van der Waals surface area contributed by atoms with Gasteiger partial charge in [-0.3, -0.25) is 4.79 Å². The number of carbonyl (C=O) groups excluding carboxylic acids is 1. The molecule has 0 saturated heterocycles.